The Bertz CT molecular complexity index is 789. The molecule has 0 spiro atoms. The van der Waals surface area contributed by atoms with Crippen LogP contribution in [0.15, 0.2) is 30.7 Å². The summed E-state index contributed by atoms with van der Waals surface area (Å²) in [7, 11) is 1.30. The highest BCUT2D eigenvalue weighted by atomic mass is 35.5. The fraction of sp³-hybridized carbons (Fsp3) is 0.0833. The van der Waals surface area contributed by atoms with E-state index in [0.717, 1.165) is 0 Å². The molecule has 8 heteroatoms. The maximum absolute atomic E-state index is 13.3. The molecular formula is C12H8ClFN5O-. The maximum Gasteiger partial charge on any atom is 0.179 e. The summed E-state index contributed by atoms with van der Waals surface area (Å²) in [5.41, 5.74) is 1.21. The Labute approximate surface area is 118 Å². The summed E-state index contributed by atoms with van der Waals surface area (Å²) in [6, 6.07) is 2.86. The molecule has 0 aromatic carbocycles. The SMILES string of the molecule is CN([O-])c1cnc(-c2cnc3ccc(F)cn23)nc1Cl. The first-order valence-corrected chi connectivity index (χ1v) is 6.00. The lowest BCUT2D eigenvalue weighted by Crippen LogP contribution is -2.08. The van der Waals surface area contributed by atoms with Gasteiger partial charge >= 0.3 is 0 Å². The van der Waals surface area contributed by atoms with E-state index in [1.54, 1.807) is 6.07 Å². The first-order valence-electron chi connectivity index (χ1n) is 5.62. The Hall–Kier alpha value is -2.25. The summed E-state index contributed by atoms with van der Waals surface area (Å²) < 4.78 is 14.8. The molecule has 0 radical (unpaired) electrons. The Kier molecular flexibility index (Phi) is 3.00. The smallest absolute Gasteiger partial charge is 0.179 e. The minimum atomic E-state index is -0.404. The first kappa shape index (κ1) is 12.8. The van der Waals surface area contributed by atoms with Gasteiger partial charge in [0.05, 0.1) is 18.1 Å². The van der Waals surface area contributed by atoms with Gasteiger partial charge in [0.2, 0.25) is 0 Å². The van der Waals surface area contributed by atoms with Crippen molar-refractivity contribution in [3.63, 3.8) is 0 Å². The van der Waals surface area contributed by atoms with Crippen LogP contribution in [0.2, 0.25) is 5.15 Å². The molecule has 0 saturated heterocycles. The van der Waals surface area contributed by atoms with E-state index < -0.39 is 5.82 Å². The van der Waals surface area contributed by atoms with Gasteiger partial charge < -0.3 is 10.3 Å². The number of fused-ring (bicyclic) bond motifs is 1. The van der Waals surface area contributed by atoms with Crippen molar-refractivity contribution in [2.75, 3.05) is 12.1 Å². The highest BCUT2D eigenvalue weighted by Gasteiger charge is 2.12. The average Bonchev–Trinajstić information content (AvgIpc) is 2.81. The number of hydroxylamine groups is 1. The Morgan fingerprint density at radius 3 is 2.80 bits per heavy atom. The minimum Gasteiger partial charge on any atom is -0.758 e. The van der Waals surface area contributed by atoms with Crippen LogP contribution in [0.25, 0.3) is 17.2 Å². The topological polar surface area (TPSA) is 69.4 Å². The summed E-state index contributed by atoms with van der Waals surface area (Å²) in [5.74, 6) is -0.141. The van der Waals surface area contributed by atoms with Crippen LogP contribution in [0.1, 0.15) is 0 Å². The van der Waals surface area contributed by atoms with Crippen LogP contribution in [0.5, 0.6) is 0 Å². The summed E-state index contributed by atoms with van der Waals surface area (Å²) in [4.78, 5) is 12.2. The molecule has 20 heavy (non-hydrogen) atoms. The molecule has 0 bridgehead atoms. The lowest BCUT2D eigenvalue weighted by Gasteiger charge is -2.24. The van der Waals surface area contributed by atoms with E-state index in [2.05, 4.69) is 15.0 Å². The molecule has 0 aliphatic heterocycles. The molecule has 6 nitrogen and oxygen atoms in total. The summed E-state index contributed by atoms with van der Waals surface area (Å²) in [6.45, 7) is 0. The van der Waals surface area contributed by atoms with Crippen molar-refractivity contribution in [1.82, 2.24) is 19.4 Å². The van der Waals surface area contributed by atoms with Crippen molar-refractivity contribution in [1.29, 1.82) is 0 Å². The lowest BCUT2D eigenvalue weighted by atomic mass is 10.4. The van der Waals surface area contributed by atoms with Crippen LogP contribution in [0.4, 0.5) is 10.1 Å². The van der Waals surface area contributed by atoms with Gasteiger partial charge in [-0.2, -0.15) is 0 Å². The van der Waals surface area contributed by atoms with Crippen LogP contribution >= 0.6 is 11.6 Å². The third-order valence-electron chi connectivity index (χ3n) is 2.76. The predicted octanol–water partition coefficient (Wildman–Crippen LogP) is 2.52. The molecule has 0 N–H and O–H groups in total. The summed E-state index contributed by atoms with van der Waals surface area (Å²) in [6.07, 6.45) is 4.11. The molecule has 0 unspecified atom stereocenters. The lowest BCUT2D eigenvalue weighted by molar-refractivity contribution is 0.619. The molecule has 3 aromatic rings. The first-order chi connectivity index (χ1) is 9.56. The molecule has 0 saturated carbocycles. The van der Waals surface area contributed by atoms with Crippen LogP contribution in [0.3, 0.4) is 0 Å². The molecule has 3 heterocycles. The fourth-order valence-corrected chi connectivity index (χ4v) is 2.06. The molecule has 102 valence electrons. The molecule has 0 aliphatic rings. The number of imidazole rings is 1. The van der Waals surface area contributed by atoms with Crippen LogP contribution < -0.4 is 5.06 Å². The molecular weight excluding hydrogens is 285 g/mol. The number of pyridine rings is 1. The van der Waals surface area contributed by atoms with Gasteiger partial charge in [0.1, 0.15) is 17.2 Å². The van der Waals surface area contributed by atoms with Crippen molar-refractivity contribution in [3.05, 3.63) is 46.9 Å². The van der Waals surface area contributed by atoms with Crippen molar-refractivity contribution >= 4 is 22.9 Å². The van der Waals surface area contributed by atoms with Gasteiger partial charge in [0.25, 0.3) is 0 Å². The zero-order chi connectivity index (χ0) is 14.3. The second kappa shape index (κ2) is 4.69. The monoisotopic (exact) mass is 292 g/mol. The van der Waals surface area contributed by atoms with Crippen molar-refractivity contribution < 1.29 is 4.39 Å². The van der Waals surface area contributed by atoms with E-state index in [0.29, 0.717) is 16.4 Å². The minimum absolute atomic E-state index is 0.0267. The number of aromatic nitrogens is 4. The van der Waals surface area contributed by atoms with Gasteiger partial charge in [0.15, 0.2) is 11.0 Å². The maximum atomic E-state index is 13.3. The van der Waals surface area contributed by atoms with Crippen molar-refractivity contribution in [2.24, 2.45) is 0 Å². The number of hydrogen-bond acceptors (Lipinski definition) is 5. The van der Waals surface area contributed by atoms with E-state index >= 15 is 0 Å². The molecule has 0 atom stereocenters. The van der Waals surface area contributed by atoms with Gasteiger partial charge in [-0.25, -0.2) is 19.3 Å². The third-order valence-corrected chi connectivity index (χ3v) is 3.04. The second-order valence-corrected chi connectivity index (χ2v) is 4.44. The highest BCUT2D eigenvalue weighted by Crippen LogP contribution is 2.25. The van der Waals surface area contributed by atoms with Gasteiger partial charge in [-0.1, -0.05) is 11.6 Å². The zero-order valence-corrected chi connectivity index (χ0v) is 11.0. The summed E-state index contributed by atoms with van der Waals surface area (Å²) in [5, 5.41) is 11.8. The quantitative estimate of drug-likeness (QED) is 0.536. The molecule has 3 rings (SSSR count). The molecule has 0 fully saturated rings. The van der Waals surface area contributed by atoms with Gasteiger partial charge in [-0.3, -0.25) is 4.40 Å². The third kappa shape index (κ3) is 2.06. The van der Waals surface area contributed by atoms with Gasteiger partial charge in [0, 0.05) is 6.20 Å². The van der Waals surface area contributed by atoms with Crippen molar-refractivity contribution in [3.8, 4) is 11.5 Å². The van der Waals surface area contributed by atoms with E-state index in [1.165, 1.54) is 36.1 Å². The number of nitrogens with zero attached hydrogens (tertiary/aromatic N) is 5. The van der Waals surface area contributed by atoms with E-state index in [1.807, 2.05) is 0 Å². The number of halogens is 2. The van der Waals surface area contributed by atoms with Crippen LogP contribution in [-0.4, -0.2) is 26.4 Å². The van der Waals surface area contributed by atoms with Crippen LogP contribution in [-0.2, 0) is 0 Å². The van der Waals surface area contributed by atoms with E-state index in [-0.39, 0.29) is 16.7 Å². The number of hydrogen-bond donors (Lipinski definition) is 0. The number of anilines is 1. The van der Waals surface area contributed by atoms with E-state index in [4.69, 9.17) is 11.6 Å². The normalized spacial score (nSPS) is 11.0. The second-order valence-electron chi connectivity index (χ2n) is 4.09. The Balaban J connectivity index is 2.16. The standard InChI is InChI=1S/C12H8ClFN5O/c1-18(20)8-4-16-12(17-11(8)13)9-5-15-10-3-2-7(14)6-19(9)10/h2-6H,1H3/q-1. The van der Waals surface area contributed by atoms with Crippen molar-refractivity contribution in [2.45, 2.75) is 0 Å². The Morgan fingerprint density at radius 2 is 2.10 bits per heavy atom. The fourth-order valence-electron chi connectivity index (χ4n) is 1.81. The highest BCUT2D eigenvalue weighted by molar-refractivity contribution is 6.32. The van der Waals surface area contributed by atoms with Gasteiger partial charge in [-0.05, 0) is 19.2 Å². The molecule has 3 aromatic heterocycles. The predicted molar refractivity (Wildman–Crippen MR) is 73.0 cm³/mol. The van der Waals surface area contributed by atoms with Gasteiger partial charge in [-0.15, -0.1) is 0 Å². The number of rotatable bonds is 2. The Morgan fingerprint density at radius 1 is 1.30 bits per heavy atom. The largest absolute Gasteiger partial charge is 0.758 e. The molecule has 0 amide bonds. The van der Waals surface area contributed by atoms with Crippen LogP contribution in [0, 0.1) is 11.0 Å². The molecule has 0 aliphatic carbocycles. The summed E-state index contributed by atoms with van der Waals surface area (Å²) >= 11 is 5.93. The zero-order valence-electron chi connectivity index (χ0n) is 10.3. The average molecular weight is 293 g/mol. The van der Waals surface area contributed by atoms with E-state index in [9.17, 15) is 9.60 Å².